The molecular formula is C28H27FN4O4. The van der Waals surface area contributed by atoms with Crippen LogP contribution in [-0.4, -0.2) is 42.3 Å². The Morgan fingerprint density at radius 2 is 1.89 bits per heavy atom. The number of amides is 2. The van der Waals surface area contributed by atoms with Crippen LogP contribution >= 0.6 is 0 Å². The molecule has 1 aliphatic carbocycles. The highest BCUT2D eigenvalue weighted by molar-refractivity contribution is 6.01. The minimum absolute atomic E-state index is 0.0541. The van der Waals surface area contributed by atoms with Gasteiger partial charge in [-0.2, -0.15) is 5.26 Å². The van der Waals surface area contributed by atoms with Crippen molar-refractivity contribution < 1.29 is 23.2 Å². The Labute approximate surface area is 213 Å². The minimum Gasteiger partial charge on any atom is -0.451 e. The van der Waals surface area contributed by atoms with Gasteiger partial charge >= 0.3 is 0 Å². The highest BCUT2D eigenvalue weighted by atomic mass is 19.1. The number of carbonyl (C=O) groups excluding carboxylic acids is 3. The number of nitrogens with one attached hydrogen (secondary N) is 2. The molecule has 1 aliphatic heterocycles. The largest absolute Gasteiger partial charge is 0.451 e. The van der Waals surface area contributed by atoms with E-state index in [0.717, 1.165) is 24.6 Å². The normalized spacial score (nSPS) is 19.3. The smallest absolute Gasteiger partial charge is 0.287 e. The summed E-state index contributed by atoms with van der Waals surface area (Å²) in [6.45, 7) is 0.314. The number of nitrogens with zero attached hydrogens (tertiary/aromatic N) is 2. The molecule has 8 nitrogen and oxygen atoms in total. The number of Topliss-reactive ketones (excluding diaryl/α,β-unsaturated/α-hetero) is 1. The van der Waals surface area contributed by atoms with E-state index in [4.69, 9.17) is 4.42 Å². The highest BCUT2D eigenvalue weighted by Gasteiger charge is 2.43. The summed E-state index contributed by atoms with van der Waals surface area (Å²) >= 11 is 0. The minimum atomic E-state index is -1.14. The summed E-state index contributed by atoms with van der Waals surface area (Å²) in [5.41, 5.74) is 0.0982. The molecule has 2 N–H and O–H groups in total. The van der Waals surface area contributed by atoms with Crippen molar-refractivity contribution in [2.24, 2.45) is 0 Å². The lowest BCUT2D eigenvalue weighted by Gasteiger charge is -2.39. The number of fused-ring (bicyclic) bond motifs is 1. The lowest BCUT2D eigenvalue weighted by atomic mass is 9.80. The van der Waals surface area contributed by atoms with Gasteiger partial charge in [0.05, 0.1) is 23.8 Å². The molecule has 2 aromatic carbocycles. The molecular weight excluding hydrogens is 475 g/mol. The van der Waals surface area contributed by atoms with Gasteiger partial charge < -0.3 is 20.0 Å². The average molecular weight is 503 g/mol. The fourth-order valence-electron chi connectivity index (χ4n) is 5.28. The van der Waals surface area contributed by atoms with Gasteiger partial charge in [-0.15, -0.1) is 0 Å². The van der Waals surface area contributed by atoms with Crippen molar-refractivity contribution in [3.8, 4) is 6.07 Å². The van der Waals surface area contributed by atoms with Crippen LogP contribution in [0.5, 0.6) is 0 Å². The molecule has 2 heterocycles. The lowest BCUT2D eigenvalue weighted by molar-refractivity contribution is -0.133. The number of furan rings is 1. The summed E-state index contributed by atoms with van der Waals surface area (Å²) in [4.78, 5) is 41.3. The van der Waals surface area contributed by atoms with E-state index in [2.05, 4.69) is 10.6 Å². The van der Waals surface area contributed by atoms with Crippen LogP contribution in [0.4, 0.5) is 10.1 Å². The molecule has 9 heteroatoms. The number of anilines is 1. The molecule has 2 amide bonds. The number of halogens is 1. The first-order chi connectivity index (χ1) is 17.9. The molecule has 5 rings (SSSR count). The topological polar surface area (TPSA) is 115 Å². The maximum Gasteiger partial charge on any atom is 0.287 e. The number of benzene rings is 2. The van der Waals surface area contributed by atoms with Crippen molar-refractivity contribution in [2.45, 2.75) is 50.1 Å². The number of para-hydroxylation sites is 1. The number of nitriles is 1. The van der Waals surface area contributed by atoms with E-state index >= 15 is 0 Å². The molecule has 0 bridgehead atoms. The number of carbonyl (C=O) groups is 3. The molecule has 1 atom stereocenters. The first kappa shape index (κ1) is 24.5. The zero-order chi connectivity index (χ0) is 26.0. The van der Waals surface area contributed by atoms with Crippen LogP contribution in [0.1, 0.15) is 54.6 Å². The van der Waals surface area contributed by atoms with Crippen LogP contribution in [-0.2, 0) is 9.59 Å². The van der Waals surface area contributed by atoms with Gasteiger partial charge in [-0.25, -0.2) is 4.39 Å². The van der Waals surface area contributed by atoms with Crippen molar-refractivity contribution in [1.29, 1.82) is 5.26 Å². The second kappa shape index (κ2) is 10.1. The van der Waals surface area contributed by atoms with Gasteiger partial charge in [-0.1, -0.05) is 37.5 Å². The van der Waals surface area contributed by atoms with Crippen LogP contribution in [0.25, 0.3) is 11.0 Å². The Hall–Kier alpha value is -4.19. The molecule has 190 valence electrons. The molecule has 2 fully saturated rings. The second-order valence-corrected chi connectivity index (χ2v) is 9.72. The summed E-state index contributed by atoms with van der Waals surface area (Å²) in [5.74, 6) is -1.44. The van der Waals surface area contributed by atoms with Gasteiger partial charge in [0.25, 0.3) is 5.91 Å². The van der Waals surface area contributed by atoms with Gasteiger partial charge in [0.2, 0.25) is 5.91 Å². The van der Waals surface area contributed by atoms with Crippen LogP contribution in [0.15, 0.2) is 52.9 Å². The number of ketones is 1. The number of piperidine rings is 1. The number of rotatable bonds is 5. The Morgan fingerprint density at radius 3 is 2.62 bits per heavy atom. The van der Waals surface area contributed by atoms with Crippen molar-refractivity contribution in [1.82, 2.24) is 10.6 Å². The zero-order valence-corrected chi connectivity index (χ0v) is 20.3. The van der Waals surface area contributed by atoms with Crippen LogP contribution in [0.3, 0.4) is 0 Å². The third-order valence-electron chi connectivity index (χ3n) is 7.29. The summed E-state index contributed by atoms with van der Waals surface area (Å²) in [6.07, 6.45) is 3.74. The molecule has 2 aliphatic rings. The number of hydrogen-bond donors (Lipinski definition) is 2. The maximum atomic E-state index is 13.8. The first-order valence-corrected chi connectivity index (χ1v) is 12.5. The lowest BCUT2D eigenvalue weighted by Crippen LogP contribution is -2.63. The predicted octanol–water partition coefficient (Wildman–Crippen LogP) is 3.84. The van der Waals surface area contributed by atoms with Crippen molar-refractivity contribution in [3.63, 3.8) is 0 Å². The number of hydrogen-bond acceptors (Lipinski definition) is 6. The maximum absolute atomic E-state index is 13.8. The van der Waals surface area contributed by atoms with Crippen molar-refractivity contribution in [3.05, 3.63) is 65.7 Å². The quantitative estimate of drug-likeness (QED) is 0.548. The highest BCUT2D eigenvalue weighted by Crippen LogP contribution is 2.30. The van der Waals surface area contributed by atoms with E-state index in [0.29, 0.717) is 37.1 Å². The molecule has 37 heavy (non-hydrogen) atoms. The van der Waals surface area contributed by atoms with E-state index < -0.39 is 23.3 Å². The van der Waals surface area contributed by atoms with Gasteiger partial charge in [-0.05, 0) is 49.6 Å². The van der Waals surface area contributed by atoms with Crippen molar-refractivity contribution >= 4 is 34.3 Å². The van der Waals surface area contributed by atoms with Crippen LogP contribution < -0.4 is 15.5 Å². The fourth-order valence-corrected chi connectivity index (χ4v) is 5.28. The zero-order valence-electron chi connectivity index (χ0n) is 20.3. The molecule has 1 aromatic heterocycles. The van der Waals surface area contributed by atoms with Crippen LogP contribution in [0.2, 0.25) is 0 Å². The SMILES string of the molecule is N#Cc1ccc(F)cc1N1CCC(NC(=O)C2(NC(=O)c3cc4ccccc4o3)CCCCC2)C(=O)C1. The second-order valence-electron chi connectivity index (χ2n) is 9.72. The molecule has 1 unspecified atom stereocenters. The third kappa shape index (κ3) is 4.92. The Bertz CT molecular complexity index is 1370. The molecule has 0 radical (unpaired) electrons. The predicted molar refractivity (Wildman–Crippen MR) is 134 cm³/mol. The van der Waals surface area contributed by atoms with Gasteiger partial charge in [0, 0.05) is 11.9 Å². The average Bonchev–Trinajstić information content (AvgIpc) is 3.35. The summed E-state index contributed by atoms with van der Waals surface area (Å²) in [5, 5.41) is 16.0. The van der Waals surface area contributed by atoms with E-state index in [1.807, 2.05) is 24.3 Å². The van der Waals surface area contributed by atoms with Gasteiger partial charge in [-0.3, -0.25) is 14.4 Å². The van der Waals surface area contributed by atoms with Crippen LogP contribution in [0, 0.1) is 17.1 Å². The monoisotopic (exact) mass is 502 g/mol. The van der Waals surface area contributed by atoms with E-state index in [1.54, 1.807) is 17.0 Å². The Kier molecular flexibility index (Phi) is 6.66. The molecule has 1 saturated carbocycles. The Balaban J connectivity index is 1.29. The third-order valence-corrected chi connectivity index (χ3v) is 7.29. The van der Waals surface area contributed by atoms with Crippen molar-refractivity contribution in [2.75, 3.05) is 18.0 Å². The summed E-state index contributed by atoms with van der Waals surface area (Å²) < 4.78 is 19.5. The molecule has 3 aromatic rings. The molecule has 1 saturated heterocycles. The van der Waals surface area contributed by atoms with E-state index in [-0.39, 0.29) is 29.6 Å². The van der Waals surface area contributed by atoms with E-state index in [9.17, 15) is 24.0 Å². The van der Waals surface area contributed by atoms with Gasteiger partial charge in [0.15, 0.2) is 11.5 Å². The summed E-state index contributed by atoms with van der Waals surface area (Å²) in [6, 6.07) is 14.1. The Morgan fingerprint density at radius 1 is 1.11 bits per heavy atom. The first-order valence-electron chi connectivity index (χ1n) is 12.5. The van der Waals surface area contributed by atoms with E-state index in [1.165, 1.54) is 18.2 Å². The summed E-state index contributed by atoms with van der Waals surface area (Å²) in [7, 11) is 0. The fraction of sp³-hybridized carbons (Fsp3) is 0.357. The standard InChI is InChI=1S/C28H27FN4O4/c29-20-9-8-19(16-30)22(15-20)33-13-10-21(23(34)17-33)31-27(36)28(11-4-1-5-12-28)32-26(35)25-14-18-6-2-3-7-24(18)37-25/h2-3,6-9,14-15,21H,1,4-5,10-13,17H2,(H,31,36)(H,32,35). The molecule has 0 spiro atoms. The van der Waals surface area contributed by atoms with Gasteiger partial charge in [0.1, 0.15) is 23.0 Å².